The van der Waals surface area contributed by atoms with E-state index in [0.717, 1.165) is 12.8 Å². The van der Waals surface area contributed by atoms with Gasteiger partial charge in [0.15, 0.2) is 0 Å². The van der Waals surface area contributed by atoms with Gasteiger partial charge in [0, 0.05) is 0 Å². The Morgan fingerprint density at radius 1 is 1.60 bits per heavy atom. The first-order valence-electron chi connectivity index (χ1n) is 3.58. The highest BCUT2D eigenvalue weighted by atomic mass is 79.9. The summed E-state index contributed by atoms with van der Waals surface area (Å²) in [7, 11) is 0. The molecule has 0 saturated heterocycles. The summed E-state index contributed by atoms with van der Waals surface area (Å²) in [5.41, 5.74) is 0. The molecule has 0 heterocycles. The van der Waals surface area contributed by atoms with Crippen molar-refractivity contribution < 1.29 is 4.79 Å². The average Bonchev–Trinajstić information content (AvgIpc) is 1.89. The van der Waals surface area contributed by atoms with E-state index in [9.17, 15) is 4.79 Å². The third kappa shape index (κ3) is 6.08. The van der Waals surface area contributed by atoms with Gasteiger partial charge in [-0.15, -0.1) is 0 Å². The molecule has 0 bridgehead atoms. The third-order valence-electron chi connectivity index (χ3n) is 1.28. The van der Waals surface area contributed by atoms with E-state index in [2.05, 4.69) is 28.2 Å². The molecule has 0 fully saturated rings. The van der Waals surface area contributed by atoms with Gasteiger partial charge in [0.2, 0.25) is 0 Å². The highest BCUT2D eigenvalue weighted by Crippen LogP contribution is 2.07. The number of rotatable bonds is 6. The van der Waals surface area contributed by atoms with E-state index in [1.807, 2.05) is 0 Å². The number of carbonyl (C=O) groups excluding carboxylic acids is 1. The molecule has 2 nitrogen and oxygen atoms in total. The standard InChI is InChI=1S/C7H13BrNO/c1-2-3-4-5-7(8)9-6-10/h7H,2-5H2,1H3,(H,9,10). The van der Waals surface area contributed by atoms with Gasteiger partial charge in [-0.05, 0) is 6.42 Å². The topological polar surface area (TPSA) is 29.1 Å². The van der Waals surface area contributed by atoms with Crippen molar-refractivity contribution in [3.63, 3.8) is 0 Å². The normalized spacial score (nSPS) is 12.6. The summed E-state index contributed by atoms with van der Waals surface area (Å²) >= 11 is 3.29. The molecule has 0 aliphatic carbocycles. The zero-order chi connectivity index (χ0) is 7.82. The van der Waals surface area contributed by atoms with Crippen LogP contribution in [-0.2, 0) is 4.79 Å². The SMILES string of the molecule is CCCCCC(Br)N[C]=O. The zero-order valence-electron chi connectivity index (χ0n) is 6.19. The summed E-state index contributed by atoms with van der Waals surface area (Å²) in [5.74, 6) is 0. The largest absolute Gasteiger partial charge is 0.335 e. The quantitative estimate of drug-likeness (QED) is 0.306. The van der Waals surface area contributed by atoms with Crippen LogP contribution in [0.25, 0.3) is 0 Å². The fourth-order valence-electron chi connectivity index (χ4n) is 0.710. The van der Waals surface area contributed by atoms with Crippen LogP contribution in [0.5, 0.6) is 0 Å². The molecule has 1 N–H and O–H groups in total. The van der Waals surface area contributed by atoms with Gasteiger partial charge in [-0.25, -0.2) is 0 Å². The van der Waals surface area contributed by atoms with Gasteiger partial charge in [-0.2, -0.15) is 0 Å². The Morgan fingerprint density at radius 3 is 2.80 bits per heavy atom. The van der Waals surface area contributed by atoms with Crippen molar-refractivity contribution >= 4 is 22.3 Å². The summed E-state index contributed by atoms with van der Waals surface area (Å²) in [6.45, 7) is 2.16. The molecule has 59 valence electrons. The van der Waals surface area contributed by atoms with Gasteiger partial charge >= 0.3 is 6.41 Å². The second-order valence-electron chi connectivity index (χ2n) is 2.21. The number of nitrogens with one attached hydrogen (secondary N) is 1. The molecule has 0 aromatic rings. The van der Waals surface area contributed by atoms with Crippen LogP contribution in [-0.4, -0.2) is 11.4 Å². The lowest BCUT2D eigenvalue weighted by atomic mass is 10.2. The highest BCUT2D eigenvalue weighted by molar-refractivity contribution is 9.09. The first-order chi connectivity index (χ1) is 4.81. The van der Waals surface area contributed by atoms with Crippen molar-refractivity contribution in [1.29, 1.82) is 0 Å². The number of alkyl halides is 1. The summed E-state index contributed by atoms with van der Waals surface area (Å²) in [5, 5.41) is 2.52. The Bertz CT molecular complexity index is 87.7. The summed E-state index contributed by atoms with van der Waals surface area (Å²) in [6, 6.07) is 0. The number of unbranched alkanes of at least 4 members (excludes halogenated alkanes) is 2. The maximum atomic E-state index is 9.78. The van der Waals surface area contributed by atoms with Gasteiger partial charge in [0.05, 0.1) is 4.95 Å². The fourth-order valence-corrected chi connectivity index (χ4v) is 1.13. The van der Waals surface area contributed by atoms with Crippen LogP contribution < -0.4 is 5.32 Å². The van der Waals surface area contributed by atoms with E-state index in [1.165, 1.54) is 12.8 Å². The van der Waals surface area contributed by atoms with E-state index in [-0.39, 0.29) is 4.95 Å². The van der Waals surface area contributed by atoms with E-state index < -0.39 is 0 Å². The lowest BCUT2D eigenvalue weighted by Gasteiger charge is -2.05. The summed E-state index contributed by atoms with van der Waals surface area (Å²) in [6.07, 6.45) is 6.23. The van der Waals surface area contributed by atoms with E-state index in [0.29, 0.717) is 0 Å². The minimum atomic E-state index is 0.108. The van der Waals surface area contributed by atoms with Gasteiger partial charge < -0.3 is 5.32 Å². The van der Waals surface area contributed by atoms with Gasteiger partial charge in [0.1, 0.15) is 0 Å². The molecule has 0 saturated carbocycles. The van der Waals surface area contributed by atoms with Crippen molar-refractivity contribution in [1.82, 2.24) is 5.32 Å². The molecule has 1 amide bonds. The first-order valence-corrected chi connectivity index (χ1v) is 4.49. The molecule has 1 atom stereocenters. The minimum Gasteiger partial charge on any atom is -0.335 e. The van der Waals surface area contributed by atoms with Crippen molar-refractivity contribution in [3.05, 3.63) is 0 Å². The van der Waals surface area contributed by atoms with Crippen LogP contribution in [0.2, 0.25) is 0 Å². The number of amides is 1. The third-order valence-corrected chi connectivity index (χ3v) is 1.96. The van der Waals surface area contributed by atoms with E-state index in [1.54, 1.807) is 6.41 Å². The number of hydrogen-bond acceptors (Lipinski definition) is 1. The molecule has 3 heteroatoms. The lowest BCUT2D eigenvalue weighted by Crippen LogP contribution is -2.20. The Labute approximate surface area is 70.5 Å². The number of halogens is 1. The van der Waals surface area contributed by atoms with Crippen LogP contribution in [0, 0.1) is 0 Å². The zero-order valence-corrected chi connectivity index (χ0v) is 7.78. The Kier molecular flexibility index (Phi) is 7.03. The molecule has 0 aliphatic heterocycles. The molecule has 1 unspecified atom stereocenters. The molecule has 1 radical (unpaired) electrons. The molecule has 0 aliphatic rings. The van der Waals surface area contributed by atoms with Crippen LogP contribution in [0.15, 0.2) is 0 Å². The van der Waals surface area contributed by atoms with Crippen LogP contribution >= 0.6 is 15.9 Å². The van der Waals surface area contributed by atoms with Crippen LogP contribution in [0.3, 0.4) is 0 Å². The second-order valence-corrected chi connectivity index (χ2v) is 3.32. The van der Waals surface area contributed by atoms with Crippen molar-refractivity contribution in [2.75, 3.05) is 0 Å². The average molecular weight is 207 g/mol. The monoisotopic (exact) mass is 206 g/mol. The Balaban J connectivity index is 3.04. The maximum Gasteiger partial charge on any atom is 0.310 e. The minimum absolute atomic E-state index is 0.108. The molecule has 0 aromatic carbocycles. The molecule has 0 aromatic heterocycles. The molecular formula is C7H13BrNO. The summed E-state index contributed by atoms with van der Waals surface area (Å²) in [4.78, 5) is 9.89. The fraction of sp³-hybridized carbons (Fsp3) is 0.857. The molecule has 0 spiro atoms. The second kappa shape index (κ2) is 7.06. The van der Waals surface area contributed by atoms with E-state index in [4.69, 9.17) is 0 Å². The first kappa shape index (κ1) is 9.95. The van der Waals surface area contributed by atoms with Crippen LogP contribution in [0.4, 0.5) is 0 Å². The molecular weight excluding hydrogens is 194 g/mol. The molecule has 10 heavy (non-hydrogen) atoms. The van der Waals surface area contributed by atoms with Gasteiger partial charge in [0.25, 0.3) is 0 Å². The summed E-state index contributed by atoms with van der Waals surface area (Å²) < 4.78 is 0. The number of hydrogen-bond donors (Lipinski definition) is 1. The lowest BCUT2D eigenvalue weighted by molar-refractivity contribution is 0.532. The maximum absolute atomic E-state index is 9.78. The van der Waals surface area contributed by atoms with E-state index >= 15 is 0 Å². The smallest absolute Gasteiger partial charge is 0.310 e. The Hall–Kier alpha value is -0.0500. The van der Waals surface area contributed by atoms with Crippen LogP contribution in [0.1, 0.15) is 32.6 Å². The van der Waals surface area contributed by atoms with Crippen molar-refractivity contribution in [2.45, 2.75) is 37.6 Å². The van der Waals surface area contributed by atoms with Crippen molar-refractivity contribution in [2.24, 2.45) is 0 Å². The van der Waals surface area contributed by atoms with Crippen molar-refractivity contribution in [3.8, 4) is 0 Å². The Morgan fingerprint density at radius 2 is 2.30 bits per heavy atom. The molecule has 0 rings (SSSR count). The van der Waals surface area contributed by atoms with Gasteiger partial charge in [-0.3, -0.25) is 4.79 Å². The van der Waals surface area contributed by atoms with Gasteiger partial charge in [-0.1, -0.05) is 42.1 Å². The predicted octanol–water partition coefficient (Wildman–Crippen LogP) is 1.94. The highest BCUT2D eigenvalue weighted by Gasteiger charge is 1.99. The predicted molar refractivity (Wildman–Crippen MR) is 45.7 cm³/mol.